The van der Waals surface area contributed by atoms with Crippen molar-refractivity contribution < 1.29 is 9.84 Å². The van der Waals surface area contributed by atoms with Crippen LogP contribution in [0.4, 0.5) is 0 Å². The lowest BCUT2D eigenvalue weighted by Gasteiger charge is -1.84. The predicted molar refractivity (Wildman–Crippen MR) is 19.0 cm³/mol. The second-order valence-electron chi connectivity index (χ2n) is 0.716. The maximum Gasteiger partial charge on any atom is 0.0693 e. The van der Waals surface area contributed by atoms with Crippen LogP contribution in [0.25, 0.3) is 0 Å². The first-order valence-corrected chi connectivity index (χ1v) is 1.51. The Morgan fingerprint density at radius 2 is 2.40 bits per heavy atom. The first kappa shape index (κ1) is 4.92. The highest BCUT2D eigenvalue weighted by Gasteiger charge is 1.67. The molecule has 0 amide bonds. The van der Waals surface area contributed by atoms with Crippen LogP contribution in [-0.4, -0.2) is 25.4 Å². The Labute approximate surface area is 31.4 Å². The van der Waals surface area contributed by atoms with E-state index in [0.29, 0.717) is 6.61 Å². The van der Waals surface area contributed by atoms with Crippen molar-refractivity contribution in [2.45, 2.75) is 0 Å². The van der Waals surface area contributed by atoms with E-state index in [1.165, 1.54) is 0 Å². The van der Waals surface area contributed by atoms with Gasteiger partial charge in [-0.15, -0.1) is 0 Å². The Bertz CT molecular complexity index is 12.4. The van der Waals surface area contributed by atoms with Gasteiger partial charge >= 0.3 is 0 Å². The molecule has 0 aromatic carbocycles. The molecule has 0 aliphatic carbocycles. The van der Waals surface area contributed by atoms with Crippen LogP contribution in [0.15, 0.2) is 0 Å². The molecule has 2 heteroatoms. The van der Waals surface area contributed by atoms with Crippen molar-refractivity contribution in [2.24, 2.45) is 0 Å². The molecule has 0 aliphatic rings. The minimum Gasteiger partial charge on any atom is -0.394 e. The smallest absolute Gasteiger partial charge is 0.0693 e. The summed E-state index contributed by atoms with van der Waals surface area (Å²) in [5, 5.41) is 7.94. The minimum absolute atomic E-state index is 0.122. The maximum absolute atomic E-state index is 7.94. The molecule has 0 saturated heterocycles. The number of hydrogen-bond acceptors (Lipinski definition) is 2. The molecular formula is C3H8O2. The van der Waals surface area contributed by atoms with Crippen molar-refractivity contribution in [3.8, 4) is 0 Å². The normalized spacial score (nSPS) is 8.40. The lowest BCUT2D eigenvalue weighted by Crippen LogP contribution is -1.91. The maximum atomic E-state index is 7.94. The minimum atomic E-state index is 0.122. The van der Waals surface area contributed by atoms with Gasteiger partial charge in [0.05, 0.1) is 13.2 Å². The van der Waals surface area contributed by atoms with Crippen LogP contribution in [0.3, 0.4) is 0 Å². The van der Waals surface area contributed by atoms with Gasteiger partial charge in [-0.05, 0) is 0 Å². The van der Waals surface area contributed by atoms with Crippen molar-refractivity contribution in [3.63, 3.8) is 0 Å². The third kappa shape index (κ3) is 3.92. The standard InChI is InChI=1S/C3H8O2/c1-5-3-2-4/h4H,2-3H2,1H3/i1+1,2+1,3+1. The Hall–Kier alpha value is -0.0800. The Kier molecular flexibility index (Phi) is 3.86. The van der Waals surface area contributed by atoms with Gasteiger partial charge in [-0.3, -0.25) is 0 Å². The summed E-state index contributed by atoms with van der Waals surface area (Å²) in [5.74, 6) is 0. The van der Waals surface area contributed by atoms with Gasteiger partial charge in [0, 0.05) is 7.11 Å². The molecule has 5 heavy (non-hydrogen) atoms. The fraction of sp³-hybridized carbons (Fsp3) is 1.00. The van der Waals surface area contributed by atoms with Gasteiger partial charge in [0.15, 0.2) is 0 Å². The van der Waals surface area contributed by atoms with E-state index in [2.05, 4.69) is 4.74 Å². The zero-order valence-electron chi connectivity index (χ0n) is 3.27. The fourth-order valence-electron chi connectivity index (χ4n) is 0.0913. The summed E-state index contributed by atoms with van der Waals surface area (Å²) in [6.45, 7) is 0.566. The molecule has 0 aromatic heterocycles. The first-order valence-electron chi connectivity index (χ1n) is 1.51. The molecule has 0 atom stereocenters. The van der Waals surface area contributed by atoms with Gasteiger partial charge in [-0.1, -0.05) is 0 Å². The van der Waals surface area contributed by atoms with E-state index in [9.17, 15) is 0 Å². The molecule has 0 rings (SSSR count). The highest BCUT2D eigenvalue weighted by Crippen LogP contribution is 1.56. The van der Waals surface area contributed by atoms with Crippen LogP contribution in [0.1, 0.15) is 0 Å². The highest BCUT2D eigenvalue weighted by molar-refractivity contribution is 4.12. The average Bonchev–Trinajstić information content (AvgIpc) is 1.41. The molecule has 0 saturated carbocycles. The van der Waals surface area contributed by atoms with Crippen LogP contribution in [0.5, 0.6) is 0 Å². The summed E-state index contributed by atoms with van der Waals surface area (Å²) < 4.78 is 4.44. The first-order chi connectivity index (χ1) is 2.41. The number of aliphatic hydroxyl groups excluding tert-OH is 1. The van der Waals surface area contributed by atoms with E-state index < -0.39 is 0 Å². The molecule has 0 spiro atoms. The Morgan fingerprint density at radius 3 is 2.40 bits per heavy atom. The fourth-order valence-corrected chi connectivity index (χ4v) is 0.0913. The van der Waals surface area contributed by atoms with Crippen LogP contribution >= 0.6 is 0 Å². The lowest BCUT2D eigenvalue weighted by atomic mass is 11.7. The summed E-state index contributed by atoms with van der Waals surface area (Å²) in [6, 6.07) is 0. The van der Waals surface area contributed by atoms with Crippen LogP contribution in [0, 0.1) is 0 Å². The third-order valence-corrected chi connectivity index (χ3v) is 0.295. The van der Waals surface area contributed by atoms with Crippen molar-refractivity contribution >= 4 is 0 Å². The number of methoxy groups -OCH3 is 1. The van der Waals surface area contributed by atoms with E-state index in [1.807, 2.05) is 0 Å². The van der Waals surface area contributed by atoms with E-state index in [1.54, 1.807) is 7.11 Å². The topological polar surface area (TPSA) is 29.5 Å². The Balaban J connectivity index is 2.19. The van der Waals surface area contributed by atoms with Crippen molar-refractivity contribution in [1.29, 1.82) is 0 Å². The van der Waals surface area contributed by atoms with E-state index >= 15 is 0 Å². The lowest BCUT2D eigenvalue weighted by molar-refractivity contribution is 0.135. The molecule has 0 radical (unpaired) electrons. The number of rotatable bonds is 2. The second kappa shape index (κ2) is 3.92. The van der Waals surface area contributed by atoms with Gasteiger partial charge < -0.3 is 9.84 Å². The molecule has 2 nitrogen and oxygen atoms in total. The Morgan fingerprint density at radius 1 is 1.80 bits per heavy atom. The zero-order valence-corrected chi connectivity index (χ0v) is 3.27. The highest BCUT2D eigenvalue weighted by atomic mass is 16.6. The van der Waals surface area contributed by atoms with Crippen LogP contribution < -0.4 is 0 Å². The molecule has 0 fully saturated rings. The predicted octanol–water partition coefficient (Wildman–Crippen LogP) is -0.375. The van der Waals surface area contributed by atoms with Crippen LogP contribution in [0.2, 0.25) is 0 Å². The number of aliphatic hydroxyl groups is 1. The third-order valence-electron chi connectivity index (χ3n) is 0.295. The van der Waals surface area contributed by atoms with Crippen molar-refractivity contribution in [1.82, 2.24) is 0 Å². The molecule has 0 unspecified atom stereocenters. The van der Waals surface area contributed by atoms with Crippen molar-refractivity contribution in [3.05, 3.63) is 0 Å². The largest absolute Gasteiger partial charge is 0.394 e. The molecule has 0 bridgehead atoms. The monoisotopic (exact) mass is 79.1 g/mol. The SMILES string of the molecule is [13CH3]O[13CH2][13CH2]O. The zero-order chi connectivity index (χ0) is 4.12. The van der Waals surface area contributed by atoms with Crippen LogP contribution in [-0.2, 0) is 4.74 Å². The summed E-state index contributed by atoms with van der Waals surface area (Å²) >= 11 is 0. The van der Waals surface area contributed by atoms with E-state index in [-0.39, 0.29) is 6.61 Å². The second-order valence-corrected chi connectivity index (χ2v) is 0.716. The van der Waals surface area contributed by atoms with Gasteiger partial charge in [-0.25, -0.2) is 0 Å². The molecule has 32 valence electrons. The summed E-state index contributed by atoms with van der Waals surface area (Å²) in [5.41, 5.74) is 0. The summed E-state index contributed by atoms with van der Waals surface area (Å²) in [7, 11) is 1.55. The van der Waals surface area contributed by atoms with Gasteiger partial charge in [0.2, 0.25) is 0 Å². The van der Waals surface area contributed by atoms with Gasteiger partial charge in [0.1, 0.15) is 0 Å². The molecule has 0 aliphatic heterocycles. The quantitative estimate of drug-likeness (QED) is 0.457. The number of hydrogen-bond donors (Lipinski definition) is 1. The molecular weight excluding hydrogens is 71.0 g/mol. The summed E-state index contributed by atoms with van der Waals surface area (Å²) in [6.07, 6.45) is 0. The molecule has 0 heterocycles. The van der Waals surface area contributed by atoms with Gasteiger partial charge in [-0.2, -0.15) is 0 Å². The summed E-state index contributed by atoms with van der Waals surface area (Å²) in [4.78, 5) is 0. The number of ether oxygens (including phenoxy) is 1. The molecule has 0 aromatic rings. The van der Waals surface area contributed by atoms with E-state index in [0.717, 1.165) is 0 Å². The average molecular weight is 79.1 g/mol. The van der Waals surface area contributed by atoms with Crippen molar-refractivity contribution in [2.75, 3.05) is 20.3 Å². The molecule has 1 N–H and O–H groups in total. The van der Waals surface area contributed by atoms with E-state index in [4.69, 9.17) is 5.11 Å². The van der Waals surface area contributed by atoms with Gasteiger partial charge in [0.25, 0.3) is 0 Å².